The summed E-state index contributed by atoms with van der Waals surface area (Å²) in [6, 6.07) is 17.6. The molecule has 0 aliphatic heterocycles. The number of benzene rings is 2. The Balaban J connectivity index is 1.69. The summed E-state index contributed by atoms with van der Waals surface area (Å²) < 4.78 is 1.68. The SMILES string of the molecule is CC(CCc1ccccc1)NC(=O)C(C)Sc1nc2ccccc2c(=O)n1C(C)C. The number of nitrogens with zero attached hydrogens (tertiary/aromatic N) is 2. The highest BCUT2D eigenvalue weighted by Crippen LogP contribution is 2.25. The molecule has 6 heteroatoms. The number of carbonyl (C=O) groups is 1. The van der Waals surface area contributed by atoms with Gasteiger partial charge in [0.1, 0.15) is 0 Å². The molecule has 3 aromatic rings. The molecule has 0 aliphatic carbocycles. The third-order valence-corrected chi connectivity index (χ3v) is 6.11. The van der Waals surface area contributed by atoms with Crippen molar-refractivity contribution in [1.29, 1.82) is 0 Å². The van der Waals surface area contributed by atoms with Crippen LogP contribution in [0.1, 0.15) is 45.7 Å². The van der Waals surface area contributed by atoms with Gasteiger partial charge in [-0.3, -0.25) is 14.2 Å². The van der Waals surface area contributed by atoms with Gasteiger partial charge in [0.15, 0.2) is 5.16 Å². The molecule has 5 nitrogen and oxygen atoms in total. The second-order valence-electron chi connectivity index (χ2n) is 7.87. The van der Waals surface area contributed by atoms with Crippen molar-refractivity contribution < 1.29 is 4.79 Å². The molecular weight excluding hydrogens is 394 g/mol. The quantitative estimate of drug-likeness (QED) is 0.425. The molecule has 1 amide bonds. The van der Waals surface area contributed by atoms with Crippen molar-refractivity contribution in [3.8, 4) is 0 Å². The van der Waals surface area contributed by atoms with Crippen LogP contribution in [-0.4, -0.2) is 26.8 Å². The number of aryl methyl sites for hydroxylation is 1. The molecule has 2 aromatic carbocycles. The Morgan fingerprint density at radius 2 is 1.70 bits per heavy atom. The molecule has 1 N–H and O–H groups in total. The molecule has 0 aliphatic rings. The van der Waals surface area contributed by atoms with Crippen LogP contribution in [0.3, 0.4) is 0 Å². The Kier molecular flexibility index (Phi) is 7.32. The Labute approximate surface area is 181 Å². The Morgan fingerprint density at radius 1 is 1.03 bits per heavy atom. The lowest BCUT2D eigenvalue weighted by Gasteiger charge is -2.20. The maximum atomic E-state index is 12.9. The standard InChI is InChI=1S/C24H29N3O2S/c1-16(2)27-23(29)20-12-8-9-13-21(20)26-24(27)30-18(4)22(28)25-17(3)14-15-19-10-6-5-7-11-19/h5-13,16-18H,14-15H2,1-4H3,(H,25,28). The number of aromatic nitrogens is 2. The number of thioether (sulfide) groups is 1. The van der Waals surface area contributed by atoms with Gasteiger partial charge in [-0.05, 0) is 58.2 Å². The smallest absolute Gasteiger partial charge is 0.262 e. The lowest BCUT2D eigenvalue weighted by atomic mass is 10.1. The summed E-state index contributed by atoms with van der Waals surface area (Å²) in [6.45, 7) is 7.79. The maximum Gasteiger partial charge on any atom is 0.262 e. The molecule has 0 saturated heterocycles. The maximum absolute atomic E-state index is 12.9. The van der Waals surface area contributed by atoms with E-state index in [0.717, 1.165) is 12.8 Å². The van der Waals surface area contributed by atoms with Gasteiger partial charge in [-0.2, -0.15) is 0 Å². The van der Waals surface area contributed by atoms with Gasteiger partial charge in [0.25, 0.3) is 5.56 Å². The van der Waals surface area contributed by atoms with Crippen LogP contribution in [0.5, 0.6) is 0 Å². The van der Waals surface area contributed by atoms with Crippen molar-refractivity contribution in [2.24, 2.45) is 0 Å². The average molecular weight is 424 g/mol. The fourth-order valence-corrected chi connectivity index (χ4v) is 4.39. The molecule has 0 bridgehead atoms. The van der Waals surface area contributed by atoms with Crippen LogP contribution in [0.2, 0.25) is 0 Å². The van der Waals surface area contributed by atoms with Gasteiger partial charge >= 0.3 is 0 Å². The van der Waals surface area contributed by atoms with Gasteiger partial charge in [-0.25, -0.2) is 4.98 Å². The number of hydrogen-bond donors (Lipinski definition) is 1. The predicted octanol–water partition coefficient (Wildman–Crippen LogP) is 4.60. The van der Waals surface area contributed by atoms with Crippen LogP contribution in [0.15, 0.2) is 64.5 Å². The first kappa shape index (κ1) is 22.1. The van der Waals surface area contributed by atoms with Crippen LogP contribution in [0.4, 0.5) is 0 Å². The molecule has 0 fully saturated rings. The van der Waals surface area contributed by atoms with Gasteiger partial charge in [-0.15, -0.1) is 0 Å². The Morgan fingerprint density at radius 3 is 2.40 bits per heavy atom. The predicted molar refractivity (Wildman–Crippen MR) is 124 cm³/mol. The Hall–Kier alpha value is -2.60. The summed E-state index contributed by atoms with van der Waals surface area (Å²) in [5, 5.41) is 3.91. The van der Waals surface area contributed by atoms with Crippen molar-refractivity contribution in [2.45, 2.75) is 63.0 Å². The fraction of sp³-hybridized carbons (Fsp3) is 0.375. The highest BCUT2D eigenvalue weighted by Gasteiger charge is 2.21. The molecule has 0 spiro atoms. The topological polar surface area (TPSA) is 64.0 Å². The van der Waals surface area contributed by atoms with Gasteiger partial charge in [0.2, 0.25) is 5.91 Å². The monoisotopic (exact) mass is 423 g/mol. The van der Waals surface area contributed by atoms with Crippen LogP contribution in [0, 0.1) is 0 Å². The molecule has 0 saturated carbocycles. The van der Waals surface area contributed by atoms with E-state index in [1.807, 2.05) is 64.1 Å². The van der Waals surface area contributed by atoms with Gasteiger partial charge < -0.3 is 5.32 Å². The van der Waals surface area contributed by atoms with Gasteiger partial charge in [-0.1, -0.05) is 54.2 Å². The van der Waals surface area contributed by atoms with Crippen LogP contribution < -0.4 is 10.9 Å². The van der Waals surface area contributed by atoms with E-state index < -0.39 is 0 Å². The normalized spacial score (nSPS) is 13.4. The zero-order chi connectivity index (χ0) is 21.7. The van der Waals surface area contributed by atoms with Gasteiger partial charge in [0.05, 0.1) is 16.2 Å². The van der Waals surface area contributed by atoms with E-state index in [0.29, 0.717) is 16.1 Å². The fourth-order valence-electron chi connectivity index (χ4n) is 3.34. The zero-order valence-electron chi connectivity index (χ0n) is 18.0. The first-order chi connectivity index (χ1) is 14.4. The lowest BCUT2D eigenvalue weighted by molar-refractivity contribution is -0.120. The minimum absolute atomic E-state index is 0.0433. The van der Waals surface area contributed by atoms with Crippen molar-refractivity contribution in [3.63, 3.8) is 0 Å². The molecule has 30 heavy (non-hydrogen) atoms. The van der Waals surface area contributed by atoms with Gasteiger partial charge in [0, 0.05) is 12.1 Å². The van der Waals surface area contributed by atoms with E-state index in [-0.39, 0.29) is 28.8 Å². The summed E-state index contributed by atoms with van der Waals surface area (Å²) in [7, 11) is 0. The van der Waals surface area contributed by atoms with Crippen molar-refractivity contribution >= 4 is 28.6 Å². The number of hydrogen-bond acceptors (Lipinski definition) is 4. The molecule has 3 rings (SSSR count). The van der Waals surface area contributed by atoms with Crippen molar-refractivity contribution in [3.05, 3.63) is 70.5 Å². The van der Waals surface area contributed by atoms with E-state index >= 15 is 0 Å². The number of carbonyl (C=O) groups excluding carboxylic acids is 1. The second kappa shape index (κ2) is 9.94. The third kappa shape index (κ3) is 5.30. The summed E-state index contributed by atoms with van der Waals surface area (Å²) in [5.74, 6) is -0.0433. The third-order valence-electron chi connectivity index (χ3n) is 5.04. The molecular formula is C24H29N3O2S. The molecule has 2 atom stereocenters. The molecule has 1 aromatic heterocycles. The number of fused-ring (bicyclic) bond motifs is 1. The van der Waals surface area contributed by atoms with E-state index in [9.17, 15) is 9.59 Å². The minimum atomic E-state index is -0.359. The van der Waals surface area contributed by atoms with E-state index in [1.165, 1.54) is 17.3 Å². The summed E-state index contributed by atoms with van der Waals surface area (Å²) in [6.07, 6.45) is 1.79. The summed E-state index contributed by atoms with van der Waals surface area (Å²) in [4.78, 5) is 30.4. The van der Waals surface area contributed by atoms with Crippen molar-refractivity contribution in [2.75, 3.05) is 0 Å². The largest absolute Gasteiger partial charge is 0.353 e. The number of rotatable bonds is 8. The number of amides is 1. The van der Waals surface area contributed by atoms with Crippen molar-refractivity contribution in [1.82, 2.24) is 14.9 Å². The number of nitrogens with one attached hydrogen (secondary N) is 1. The molecule has 2 unspecified atom stereocenters. The molecule has 1 heterocycles. The number of para-hydroxylation sites is 1. The first-order valence-corrected chi connectivity index (χ1v) is 11.3. The summed E-state index contributed by atoms with van der Waals surface area (Å²) >= 11 is 1.33. The lowest BCUT2D eigenvalue weighted by Crippen LogP contribution is -2.38. The highest BCUT2D eigenvalue weighted by atomic mass is 32.2. The Bertz CT molecular complexity index is 1060. The zero-order valence-corrected chi connectivity index (χ0v) is 18.8. The van der Waals surface area contributed by atoms with E-state index in [2.05, 4.69) is 22.4 Å². The van der Waals surface area contributed by atoms with Crippen LogP contribution >= 0.6 is 11.8 Å². The summed E-state index contributed by atoms with van der Waals surface area (Å²) in [5.41, 5.74) is 1.86. The molecule has 0 radical (unpaired) electrons. The average Bonchev–Trinajstić information content (AvgIpc) is 2.72. The van der Waals surface area contributed by atoms with Crippen LogP contribution in [0.25, 0.3) is 10.9 Å². The molecule has 158 valence electrons. The highest BCUT2D eigenvalue weighted by molar-refractivity contribution is 8.00. The van der Waals surface area contributed by atoms with E-state index in [4.69, 9.17) is 0 Å². The minimum Gasteiger partial charge on any atom is -0.353 e. The first-order valence-electron chi connectivity index (χ1n) is 10.4. The second-order valence-corrected chi connectivity index (χ2v) is 9.18. The van der Waals surface area contributed by atoms with E-state index in [1.54, 1.807) is 10.6 Å². The van der Waals surface area contributed by atoms with Crippen LogP contribution in [-0.2, 0) is 11.2 Å².